The highest BCUT2D eigenvalue weighted by Crippen LogP contribution is 2.09. The molecular formula is C8H11Br4NO4. The summed E-state index contributed by atoms with van der Waals surface area (Å²) in [6.45, 7) is 1.53. The summed E-state index contributed by atoms with van der Waals surface area (Å²) in [7, 11) is 0. The van der Waals surface area contributed by atoms with Crippen LogP contribution in [0.3, 0.4) is 0 Å². The normalized spacial score (nSPS) is 10.7. The van der Waals surface area contributed by atoms with E-state index >= 15 is 0 Å². The smallest absolute Gasteiger partial charge is 0.330 e. The number of esters is 2. The average molecular weight is 505 g/mol. The first-order chi connectivity index (χ1) is 7.95. The SMILES string of the molecule is O=C(OCCNCCOC(=O)C(Br)Br)C(Br)Br. The molecule has 0 aliphatic carbocycles. The number of hydrogen-bond donors (Lipinski definition) is 1. The van der Waals surface area contributed by atoms with Crippen LogP contribution in [0.5, 0.6) is 0 Å². The van der Waals surface area contributed by atoms with E-state index in [1.54, 1.807) is 0 Å². The lowest BCUT2D eigenvalue weighted by atomic mass is 10.6. The van der Waals surface area contributed by atoms with E-state index in [2.05, 4.69) is 69.0 Å². The van der Waals surface area contributed by atoms with Crippen molar-refractivity contribution in [3.8, 4) is 0 Å². The fourth-order valence-electron chi connectivity index (χ4n) is 0.699. The molecule has 100 valence electrons. The van der Waals surface area contributed by atoms with E-state index in [-0.39, 0.29) is 25.2 Å². The van der Waals surface area contributed by atoms with Crippen molar-refractivity contribution in [2.45, 2.75) is 7.47 Å². The number of carbonyl (C=O) groups is 2. The van der Waals surface area contributed by atoms with Crippen LogP contribution < -0.4 is 5.32 Å². The molecule has 9 heteroatoms. The number of hydrogen-bond acceptors (Lipinski definition) is 5. The molecule has 0 aromatic heterocycles. The van der Waals surface area contributed by atoms with Crippen molar-refractivity contribution in [2.75, 3.05) is 26.3 Å². The number of ether oxygens (including phenoxy) is 2. The summed E-state index contributed by atoms with van der Waals surface area (Å²) < 4.78 is 8.74. The topological polar surface area (TPSA) is 64.6 Å². The van der Waals surface area contributed by atoms with Gasteiger partial charge in [-0.25, -0.2) is 9.59 Å². The third-order valence-electron chi connectivity index (χ3n) is 1.40. The third-order valence-corrected chi connectivity index (χ3v) is 2.90. The molecule has 0 saturated heterocycles. The zero-order valence-electron chi connectivity index (χ0n) is 8.63. The Morgan fingerprint density at radius 1 is 0.882 bits per heavy atom. The minimum absolute atomic E-state index is 0.264. The second-order valence-corrected chi connectivity index (χ2v) is 8.81. The first kappa shape index (κ1) is 17.8. The van der Waals surface area contributed by atoms with Gasteiger partial charge >= 0.3 is 11.9 Å². The van der Waals surface area contributed by atoms with Gasteiger partial charge in [-0.05, 0) is 0 Å². The number of rotatable bonds is 8. The zero-order valence-corrected chi connectivity index (χ0v) is 15.0. The molecule has 0 heterocycles. The quantitative estimate of drug-likeness (QED) is 0.311. The maximum absolute atomic E-state index is 11.0. The summed E-state index contributed by atoms with van der Waals surface area (Å²) in [6.07, 6.45) is 0. The van der Waals surface area contributed by atoms with Crippen LogP contribution in [0, 0.1) is 0 Å². The summed E-state index contributed by atoms with van der Waals surface area (Å²) in [5, 5.41) is 2.96. The molecule has 17 heavy (non-hydrogen) atoms. The van der Waals surface area contributed by atoms with Gasteiger partial charge in [0.2, 0.25) is 0 Å². The summed E-state index contributed by atoms with van der Waals surface area (Å²) in [5.74, 6) is -0.751. The number of alkyl halides is 4. The van der Waals surface area contributed by atoms with Gasteiger partial charge in [-0.3, -0.25) is 0 Å². The minimum Gasteiger partial charge on any atom is -0.463 e. The number of carbonyl (C=O) groups excluding carboxylic acids is 2. The van der Waals surface area contributed by atoms with E-state index in [0.717, 1.165) is 0 Å². The highest BCUT2D eigenvalue weighted by molar-refractivity contribution is 9.25. The monoisotopic (exact) mass is 501 g/mol. The zero-order chi connectivity index (χ0) is 13.3. The van der Waals surface area contributed by atoms with Gasteiger partial charge in [0.1, 0.15) is 13.2 Å². The summed E-state index contributed by atoms with van der Waals surface area (Å²) in [5.41, 5.74) is 0. The van der Waals surface area contributed by atoms with Crippen LogP contribution in [0.2, 0.25) is 0 Å². The van der Waals surface area contributed by atoms with Crippen molar-refractivity contribution >= 4 is 75.7 Å². The molecule has 0 spiro atoms. The number of halogens is 4. The fraction of sp³-hybridized carbons (Fsp3) is 0.750. The van der Waals surface area contributed by atoms with Crippen LogP contribution in [0.25, 0.3) is 0 Å². The Labute approximate surface area is 133 Å². The van der Waals surface area contributed by atoms with Crippen molar-refractivity contribution in [1.29, 1.82) is 0 Å². The molecular weight excluding hydrogens is 494 g/mol. The molecule has 0 rings (SSSR count). The second-order valence-electron chi connectivity index (χ2n) is 2.69. The molecule has 0 amide bonds. The maximum Gasteiger partial charge on any atom is 0.330 e. The average Bonchev–Trinajstić information content (AvgIpc) is 2.26. The first-order valence-electron chi connectivity index (χ1n) is 4.55. The molecule has 0 radical (unpaired) electrons. The molecule has 0 aliphatic rings. The molecule has 0 unspecified atom stereocenters. The standard InChI is InChI=1S/C8H11Br4NO4/c9-5(10)7(14)16-3-1-13-2-4-17-8(15)6(11)12/h5-6,13H,1-4H2. The lowest BCUT2D eigenvalue weighted by molar-refractivity contribution is -0.141. The van der Waals surface area contributed by atoms with Gasteiger partial charge in [0.25, 0.3) is 0 Å². The fourth-order valence-corrected chi connectivity index (χ4v) is 1.23. The predicted octanol–water partition coefficient (Wildman–Crippen LogP) is 1.89. The molecule has 0 atom stereocenters. The van der Waals surface area contributed by atoms with E-state index < -0.39 is 7.47 Å². The van der Waals surface area contributed by atoms with Crippen molar-refractivity contribution in [1.82, 2.24) is 5.32 Å². The Balaban J connectivity index is 3.30. The van der Waals surface area contributed by atoms with Gasteiger partial charge in [0.15, 0.2) is 7.47 Å². The molecule has 0 bridgehead atoms. The third kappa shape index (κ3) is 10.4. The highest BCUT2D eigenvalue weighted by atomic mass is 79.9. The second kappa shape index (κ2) is 10.7. The van der Waals surface area contributed by atoms with E-state index in [4.69, 9.17) is 9.47 Å². The molecule has 0 aromatic rings. The van der Waals surface area contributed by atoms with Crippen LogP contribution in [0.15, 0.2) is 0 Å². The Bertz CT molecular complexity index is 226. The number of nitrogens with one attached hydrogen (secondary N) is 1. The van der Waals surface area contributed by atoms with Crippen LogP contribution in [-0.4, -0.2) is 45.7 Å². The molecule has 0 aromatic carbocycles. The van der Waals surface area contributed by atoms with Crippen LogP contribution in [-0.2, 0) is 19.1 Å². The minimum atomic E-state index is -0.481. The van der Waals surface area contributed by atoms with Gasteiger partial charge in [-0.15, -0.1) is 0 Å². The molecule has 0 saturated carbocycles. The first-order valence-corrected chi connectivity index (χ1v) is 8.21. The van der Waals surface area contributed by atoms with E-state index in [9.17, 15) is 9.59 Å². The summed E-state index contributed by atoms with van der Waals surface area (Å²) >= 11 is 12.1. The Morgan fingerprint density at radius 3 is 1.53 bits per heavy atom. The Hall–Kier alpha value is 0.820. The van der Waals surface area contributed by atoms with E-state index in [0.29, 0.717) is 13.1 Å². The van der Waals surface area contributed by atoms with Crippen LogP contribution in [0.4, 0.5) is 0 Å². The van der Waals surface area contributed by atoms with Gasteiger partial charge in [-0.2, -0.15) is 0 Å². The summed E-state index contributed by atoms with van der Waals surface area (Å²) in [4.78, 5) is 21.9. The predicted molar refractivity (Wildman–Crippen MR) is 78.1 cm³/mol. The van der Waals surface area contributed by atoms with Gasteiger partial charge in [0.05, 0.1) is 0 Å². The van der Waals surface area contributed by atoms with Crippen LogP contribution >= 0.6 is 63.7 Å². The molecule has 0 aliphatic heterocycles. The van der Waals surface area contributed by atoms with Crippen molar-refractivity contribution in [2.24, 2.45) is 0 Å². The Kier molecular flexibility index (Phi) is 11.2. The summed E-state index contributed by atoms with van der Waals surface area (Å²) in [6, 6.07) is 0. The maximum atomic E-state index is 11.0. The van der Waals surface area contributed by atoms with Crippen molar-refractivity contribution in [3.05, 3.63) is 0 Å². The molecule has 0 fully saturated rings. The molecule has 1 N–H and O–H groups in total. The molecule has 5 nitrogen and oxygen atoms in total. The van der Waals surface area contributed by atoms with E-state index in [1.165, 1.54) is 0 Å². The largest absolute Gasteiger partial charge is 0.463 e. The van der Waals surface area contributed by atoms with Crippen molar-refractivity contribution < 1.29 is 19.1 Å². The lowest BCUT2D eigenvalue weighted by Crippen LogP contribution is -2.27. The van der Waals surface area contributed by atoms with Gasteiger partial charge in [0, 0.05) is 13.1 Å². The lowest BCUT2D eigenvalue weighted by Gasteiger charge is -2.08. The van der Waals surface area contributed by atoms with Crippen LogP contribution in [0.1, 0.15) is 0 Å². The van der Waals surface area contributed by atoms with E-state index in [1.807, 2.05) is 0 Å². The Morgan fingerprint density at radius 2 is 1.24 bits per heavy atom. The van der Waals surface area contributed by atoms with Gasteiger partial charge < -0.3 is 14.8 Å². The van der Waals surface area contributed by atoms with Crippen molar-refractivity contribution in [3.63, 3.8) is 0 Å². The van der Waals surface area contributed by atoms with Gasteiger partial charge in [-0.1, -0.05) is 63.7 Å². The highest BCUT2D eigenvalue weighted by Gasteiger charge is 2.12.